The summed E-state index contributed by atoms with van der Waals surface area (Å²) >= 11 is 0. The summed E-state index contributed by atoms with van der Waals surface area (Å²) in [6, 6.07) is 2.04. The van der Waals surface area contributed by atoms with Crippen molar-refractivity contribution >= 4 is 11.6 Å². The van der Waals surface area contributed by atoms with Crippen LogP contribution in [-0.4, -0.2) is 35.9 Å². The van der Waals surface area contributed by atoms with Crippen molar-refractivity contribution in [3.63, 3.8) is 0 Å². The van der Waals surface area contributed by atoms with Crippen LogP contribution in [-0.2, 0) is 15.1 Å². The highest BCUT2D eigenvalue weighted by atomic mass is 16.6. The summed E-state index contributed by atoms with van der Waals surface area (Å²) in [6.07, 6.45) is 4.64. The number of carbonyl (C=O) groups is 1. The molecule has 3 aromatic rings. The Labute approximate surface area is 174 Å². The van der Waals surface area contributed by atoms with Crippen molar-refractivity contribution in [2.45, 2.75) is 65.5 Å². The highest BCUT2D eigenvalue weighted by Crippen LogP contribution is 2.28. The molecule has 3 rings (SSSR count). The van der Waals surface area contributed by atoms with E-state index in [-0.39, 0.29) is 17.0 Å². The number of rotatable bonds is 4. The Morgan fingerprint density at radius 3 is 2.43 bits per heavy atom. The Morgan fingerprint density at radius 1 is 1.20 bits per heavy atom. The molecule has 0 atom stereocenters. The number of esters is 1. The molecular formula is C21H26N6O3. The van der Waals surface area contributed by atoms with Gasteiger partial charge in [-0.25, -0.2) is 4.79 Å². The third-order valence-electron chi connectivity index (χ3n) is 4.74. The quantitative estimate of drug-likeness (QED) is 0.661. The summed E-state index contributed by atoms with van der Waals surface area (Å²) in [5.74, 6) is -0.523. The number of fused-ring (bicyclic) bond motifs is 1. The van der Waals surface area contributed by atoms with Gasteiger partial charge in [0.25, 0.3) is 5.56 Å². The van der Waals surface area contributed by atoms with Crippen molar-refractivity contribution < 1.29 is 9.53 Å². The maximum Gasteiger partial charge on any atom is 0.334 e. The molecule has 0 aliphatic rings. The highest BCUT2D eigenvalue weighted by molar-refractivity contribution is 5.78. The van der Waals surface area contributed by atoms with Gasteiger partial charge in [0.15, 0.2) is 11.2 Å². The third kappa shape index (κ3) is 3.61. The van der Waals surface area contributed by atoms with Gasteiger partial charge in [-0.05, 0) is 40.5 Å². The van der Waals surface area contributed by atoms with Crippen molar-refractivity contribution in [1.82, 2.24) is 24.4 Å². The second-order valence-corrected chi connectivity index (χ2v) is 9.04. The van der Waals surface area contributed by atoms with E-state index in [9.17, 15) is 14.9 Å². The molecule has 9 heteroatoms. The molecule has 9 nitrogen and oxygen atoms in total. The first kappa shape index (κ1) is 21.3. The average molecular weight is 410 g/mol. The Kier molecular flexibility index (Phi) is 5.06. The zero-order valence-electron chi connectivity index (χ0n) is 18.3. The molecule has 0 aromatic carbocycles. The lowest BCUT2D eigenvalue weighted by Gasteiger charge is -2.28. The minimum absolute atomic E-state index is 0.106. The largest absolute Gasteiger partial charge is 0.458 e. The van der Waals surface area contributed by atoms with Crippen molar-refractivity contribution in [3.05, 3.63) is 40.1 Å². The molecule has 0 saturated carbocycles. The van der Waals surface area contributed by atoms with E-state index in [1.807, 2.05) is 40.7 Å². The van der Waals surface area contributed by atoms with Crippen LogP contribution in [0.4, 0.5) is 0 Å². The van der Waals surface area contributed by atoms with Gasteiger partial charge in [0.05, 0.1) is 18.1 Å². The van der Waals surface area contributed by atoms with Gasteiger partial charge in [-0.1, -0.05) is 13.8 Å². The molecule has 0 bridgehead atoms. The maximum atomic E-state index is 13.0. The van der Waals surface area contributed by atoms with Gasteiger partial charge in [0.1, 0.15) is 17.2 Å². The number of aromatic amines is 1. The molecule has 3 heterocycles. The first-order chi connectivity index (χ1) is 13.9. The summed E-state index contributed by atoms with van der Waals surface area (Å²) in [4.78, 5) is 28.9. The number of nitrogens with one attached hydrogen (secondary N) is 1. The molecule has 1 N–H and O–H groups in total. The van der Waals surface area contributed by atoms with Gasteiger partial charge in [0.2, 0.25) is 0 Å². The molecule has 0 spiro atoms. The number of aromatic nitrogens is 5. The van der Waals surface area contributed by atoms with Crippen molar-refractivity contribution in [2.24, 2.45) is 0 Å². The second kappa shape index (κ2) is 7.13. The molecule has 0 aliphatic carbocycles. The molecule has 0 radical (unpaired) electrons. The standard InChI is InChI=1S/C21H26N6O3/c1-12(2)15-16(25-17-13(8-22)9-24-27(17)18(15)28)14-10-23-26(11-14)21(6,7)19(29)30-20(3,4)5/h9-12,25H,1-7H3. The van der Waals surface area contributed by atoms with Gasteiger partial charge >= 0.3 is 5.97 Å². The lowest BCUT2D eigenvalue weighted by molar-refractivity contribution is -0.164. The van der Waals surface area contributed by atoms with Crippen LogP contribution in [0.3, 0.4) is 0 Å². The number of H-pyrrole nitrogens is 1. The van der Waals surface area contributed by atoms with E-state index in [4.69, 9.17) is 4.74 Å². The first-order valence-corrected chi connectivity index (χ1v) is 9.69. The lowest BCUT2D eigenvalue weighted by Crippen LogP contribution is -2.41. The zero-order chi connectivity index (χ0) is 22.4. The Bertz CT molecular complexity index is 1210. The van der Waals surface area contributed by atoms with Gasteiger partial charge in [0, 0.05) is 17.3 Å². The van der Waals surface area contributed by atoms with Crippen LogP contribution in [0.2, 0.25) is 0 Å². The van der Waals surface area contributed by atoms with Crippen LogP contribution >= 0.6 is 0 Å². The van der Waals surface area contributed by atoms with Crippen LogP contribution in [0, 0.1) is 11.3 Å². The van der Waals surface area contributed by atoms with Crippen LogP contribution < -0.4 is 5.56 Å². The topological polar surface area (TPSA) is 118 Å². The maximum absolute atomic E-state index is 13.0. The van der Waals surface area contributed by atoms with Crippen LogP contribution in [0.5, 0.6) is 0 Å². The third-order valence-corrected chi connectivity index (χ3v) is 4.74. The Balaban J connectivity index is 2.15. The highest BCUT2D eigenvalue weighted by Gasteiger charge is 2.35. The van der Waals surface area contributed by atoms with E-state index in [1.54, 1.807) is 26.2 Å². The van der Waals surface area contributed by atoms with E-state index >= 15 is 0 Å². The molecule has 158 valence electrons. The van der Waals surface area contributed by atoms with E-state index in [1.165, 1.54) is 15.4 Å². The molecule has 0 saturated heterocycles. The SMILES string of the molecule is CC(C)c1c(-c2cnn(C(C)(C)C(=O)OC(C)(C)C)c2)[nH]c2c(C#N)cnn2c1=O. The Morgan fingerprint density at radius 2 is 1.87 bits per heavy atom. The lowest BCUT2D eigenvalue weighted by atomic mass is 9.99. The minimum Gasteiger partial charge on any atom is -0.458 e. The van der Waals surface area contributed by atoms with Gasteiger partial charge in [-0.15, -0.1) is 0 Å². The van der Waals surface area contributed by atoms with Crippen molar-refractivity contribution in [1.29, 1.82) is 5.26 Å². The van der Waals surface area contributed by atoms with Gasteiger partial charge in [-0.3, -0.25) is 9.48 Å². The van der Waals surface area contributed by atoms with Crippen LogP contribution in [0.1, 0.15) is 65.5 Å². The summed E-state index contributed by atoms with van der Waals surface area (Å²) < 4.78 is 8.24. The summed E-state index contributed by atoms with van der Waals surface area (Å²) in [5, 5.41) is 17.7. The molecule has 0 aliphatic heterocycles. The molecule has 0 amide bonds. The number of hydrogen-bond donors (Lipinski definition) is 1. The van der Waals surface area contributed by atoms with E-state index in [2.05, 4.69) is 15.2 Å². The predicted octanol–water partition coefficient (Wildman–Crippen LogP) is 2.96. The number of nitriles is 1. The van der Waals surface area contributed by atoms with Crippen LogP contribution in [0.25, 0.3) is 16.9 Å². The molecule has 30 heavy (non-hydrogen) atoms. The monoisotopic (exact) mass is 410 g/mol. The minimum atomic E-state index is -1.05. The molecule has 0 unspecified atom stereocenters. The average Bonchev–Trinajstić information content (AvgIpc) is 3.27. The van der Waals surface area contributed by atoms with Crippen LogP contribution in [0.15, 0.2) is 23.4 Å². The fourth-order valence-corrected chi connectivity index (χ4v) is 3.13. The smallest absolute Gasteiger partial charge is 0.334 e. The van der Waals surface area contributed by atoms with E-state index in [0.29, 0.717) is 22.5 Å². The van der Waals surface area contributed by atoms with Crippen molar-refractivity contribution in [3.8, 4) is 17.3 Å². The van der Waals surface area contributed by atoms with Crippen molar-refractivity contribution in [2.75, 3.05) is 0 Å². The zero-order valence-corrected chi connectivity index (χ0v) is 18.3. The Hall–Kier alpha value is -3.41. The van der Waals surface area contributed by atoms with E-state index < -0.39 is 17.1 Å². The number of carbonyl (C=O) groups excluding carboxylic acids is 1. The first-order valence-electron chi connectivity index (χ1n) is 9.69. The second-order valence-electron chi connectivity index (χ2n) is 9.04. The summed E-state index contributed by atoms with van der Waals surface area (Å²) in [6.45, 7) is 12.7. The fraction of sp³-hybridized carbons (Fsp3) is 0.476. The number of nitrogens with zero attached hydrogens (tertiary/aromatic N) is 5. The molecular weight excluding hydrogens is 384 g/mol. The van der Waals surface area contributed by atoms with E-state index in [0.717, 1.165) is 0 Å². The number of ether oxygens (including phenoxy) is 1. The summed E-state index contributed by atoms with van der Waals surface area (Å²) in [5.41, 5.74) is 0.305. The normalized spacial score (nSPS) is 12.4. The van der Waals surface area contributed by atoms with Gasteiger partial charge in [-0.2, -0.15) is 20.0 Å². The van der Waals surface area contributed by atoms with Gasteiger partial charge < -0.3 is 9.72 Å². The number of hydrogen-bond acceptors (Lipinski definition) is 6. The fourth-order valence-electron chi connectivity index (χ4n) is 3.13. The summed E-state index contributed by atoms with van der Waals surface area (Å²) in [7, 11) is 0. The predicted molar refractivity (Wildman–Crippen MR) is 111 cm³/mol. The molecule has 0 fully saturated rings. The molecule has 3 aromatic heterocycles.